The van der Waals surface area contributed by atoms with Crippen LogP contribution in [0.3, 0.4) is 0 Å². The summed E-state index contributed by atoms with van der Waals surface area (Å²) in [5.41, 5.74) is 2.75. The van der Waals surface area contributed by atoms with Crippen molar-refractivity contribution in [3.63, 3.8) is 0 Å². The Bertz CT molecular complexity index is 1650. The highest BCUT2D eigenvalue weighted by Crippen LogP contribution is 2.30. The topological polar surface area (TPSA) is 99.0 Å². The van der Waals surface area contributed by atoms with Crippen molar-refractivity contribution in [1.29, 1.82) is 0 Å². The van der Waals surface area contributed by atoms with Gasteiger partial charge in [-0.05, 0) is 42.0 Å². The zero-order chi connectivity index (χ0) is 28.3. The first-order valence-corrected chi connectivity index (χ1v) is 12.7. The van der Waals surface area contributed by atoms with Gasteiger partial charge in [-0.2, -0.15) is 13.2 Å². The third-order valence-electron chi connectivity index (χ3n) is 5.89. The number of halogens is 3. The minimum absolute atomic E-state index is 0.0483. The summed E-state index contributed by atoms with van der Waals surface area (Å²) in [4.78, 5) is 38.5. The molecule has 1 amide bonds. The van der Waals surface area contributed by atoms with Crippen molar-refractivity contribution < 1.29 is 27.5 Å². The molecule has 5 rings (SSSR count). The molecule has 3 aromatic heterocycles. The van der Waals surface area contributed by atoms with Crippen LogP contribution in [0.15, 0.2) is 83.9 Å². The molecule has 0 saturated heterocycles. The van der Waals surface area contributed by atoms with Gasteiger partial charge in [0.05, 0.1) is 35.8 Å². The lowest BCUT2D eigenvalue weighted by atomic mass is 10.1. The van der Waals surface area contributed by atoms with Crippen LogP contribution in [0.25, 0.3) is 11.4 Å². The highest BCUT2D eigenvalue weighted by molar-refractivity contribution is 7.07. The Morgan fingerprint density at radius 3 is 2.48 bits per heavy atom. The molecular formula is C28H20F3N5O3S. The van der Waals surface area contributed by atoms with Crippen LogP contribution in [0.4, 0.5) is 18.9 Å². The second-order valence-corrected chi connectivity index (χ2v) is 9.31. The van der Waals surface area contributed by atoms with E-state index in [9.17, 15) is 22.8 Å². The molecule has 0 bridgehead atoms. The lowest BCUT2D eigenvalue weighted by Crippen LogP contribution is -2.13. The lowest BCUT2D eigenvalue weighted by Gasteiger charge is -2.10. The Morgan fingerprint density at radius 1 is 1.02 bits per heavy atom. The third kappa shape index (κ3) is 5.91. The summed E-state index contributed by atoms with van der Waals surface area (Å²) in [5.74, 6) is -0.444. The van der Waals surface area contributed by atoms with Gasteiger partial charge in [0.15, 0.2) is 5.82 Å². The van der Waals surface area contributed by atoms with E-state index in [1.165, 1.54) is 29.7 Å². The molecule has 0 spiro atoms. The number of carbonyl (C=O) groups is 2. The maximum atomic E-state index is 13.4. The van der Waals surface area contributed by atoms with E-state index in [-0.39, 0.29) is 29.5 Å². The molecule has 0 aliphatic carbocycles. The van der Waals surface area contributed by atoms with Crippen LogP contribution >= 0.6 is 11.3 Å². The van der Waals surface area contributed by atoms with Crippen molar-refractivity contribution in [2.75, 3.05) is 12.4 Å². The van der Waals surface area contributed by atoms with Crippen LogP contribution in [-0.4, -0.2) is 38.3 Å². The number of nitrogens with zero attached hydrogens (tertiary/aromatic N) is 4. The summed E-state index contributed by atoms with van der Waals surface area (Å²) in [6, 6.07) is 14.6. The monoisotopic (exact) mass is 563 g/mol. The van der Waals surface area contributed by atoms with Crippen molar-refractivity contribution in [3.05, 3.63) is 112 Å². The molecular weight excluding hydrogens is 543 g/mol. The van der Waals surface area contributed by atoms with E-state index < -0.39 is 17.5 Å². The second-order valence-electron chi connectivity index (χ2n) is 8.59. The molecule has 0 unspecified atom stereocenters. The molecule has 202 valence electrons. The third-order valence-corrected chi connectivity index (χ3v) is 6.48. The number of ether oxygens (including phenoxy) is 1. The van der Waals surface area contributed by atoms with Gasteiger partial charge < -0.3 is 14.6 Å². The van der Waals surface area contributed by atoms with Gasteiger partial charge >= 0.3 is 6.18 Å². The molecule has 0 aliphatic heterocycles. The molecule has 0 atom stereocenters. The number of benzene rings is 2. The number of methoxy groups -OCH3 is 1. The number of thiazole rings is 1. The standard InChI is InChI=1S/C28H20F3N5O3S/c1-39-21-8-5-17(6-9-21)13-36-14-23(22-10-7-20(12-32-22)34-27(38)24-15-40-16-33-24)35-26(36)25(37)18-3-2-4-19(11-18)28(29,30)31/h2-12,14-16H,13H2,1H3,(H,34,38). The maximum absolute atomic E-state index is 13.4. The van der Waals surface area contributed by atoms with Crippen LogP contribution in [0, 0.1) is 0 Å². The van der Waals surface area contributed by atoms with Gasteiger partial charge in [-0.3, -0.25) is 14.6 Å². The Hall–Kier alpha value is -4.84. The van der Waals surface area contributed by atoms with Crippen LogP contribution in [-0.2, 0) is 12.7 Å². The van der Waals surface area contributed by atoms with Crippen LogP contribution in [0.1, 0.15) is 37.8 Å². The highest BCUT2D eigenvalue weighted by Gasteiger charge is 2.31. The smallest absolute Gasteiger partial charge is 0.416 e. The average molecular weight is 564 g/mol. The van der Waals surface area contributed by atoms with Gasteiger partial charge in [0.2, 0.25) is 5.78 Å². The SMILES string of the molecule is COc1ccc(Cn2cc(-c3ccc(NC(=O)c4cscn4)cn3)nc2C(=O)c2cccc(C(F)(F)F)c2)cc1. The summed E-state index contributed by atoms with van der Waals surface area (Å²) in [7, 11) is 1.55. The normalized spacial score (nSPS) is 11.3. The summed E-state index contributed by atoms with van der Waals surface area (Å²) < 4.78 is 46.7. The quantitative estimate of drug-likeness (QED) is 0.234. The minimum atomic E-state index is -4.60. The molecule has 0 radical (unpaired) electrons. The number of hydrogen-bond donors (Lipinski definition) is 1. The van der Waals surface area contributed by atoms with Crippen molar-refractivity contribution in [2.45, 2.75) is 12.7 Å². The summed E-state index contributed by atoms with van der Waals surface area (Å²) >= 11 is 1.30. The fourth-order valence-electron chi connectivity index (χ4n) is 3.87. The summed E-state index contributed by atoms with van der Waals surface area (Å²) in [5, 5.41) is 4.32. The highest BCUT2D eigenvalue weighted by atomic mass is 32.1. The minimum Gasteiger partial charge on any atom is -0.497 e. The van der Waals surface area contributed by atoms with E-state index in [1.54, 1.807) is 53.0 Å². The van der Waals surface area contributed by atoms with E-state index >= 15 is 0 Å². The summed E-state index contributed by atoms with van der Waals surface area (Å²) in [6.07, 6.45) is -1.54. The number of anilines is 1. The number of carbonyl (C=O) groups excluding carboxylic acids is 2. The second kappa shape index (κ2) is 11.1. The number of nitrogens with one attached hydrogen (secondary N) is 1. The molecule has 8 nitrogen and oxygen atoms in total. The molecule has 0 saturated carbocycles. The van der Waals surface area contributed by atoms with Gasteiger partial charge in [-0.25, -0.2) is 9.97 Å². The number of hydrogen-bond acceptors (Lipinski definition) is 7. The van der Waals surface area contributed by atoms with Gasteiger partial charge in [-0.15, -0.1) is 11.3 Å². The fourth-order valence-corrected chi connectivity index (χ4v) is 4.41. The van der Waals surface area contributed by atoms with Gasteiger partial charge in [-0.1, -0.05) is 24.3 Å². The molecule has 2 aromatic carbocycles. The number of ketones is 1. The first-order chi connectivity index (χ1) is 19.2. The largest absolute Gasteiger partial charge is 0.497 e. The van der Waals surface area contributed by atoms with Crippen LogP contribution in [0.2, 0.25) is 0 Å². The maximum Gasteiger partial charge on any atom is 0.416 e. The van der Waals surface area contributed by atoms with Crippen molar-refractivity contribution >= 4 is 28.7 Å². The molecule has 1 N–H and O–H groups in total. The van der Waals surface area contributed by atoms with Crippen molar-refractivity contribution in [3.8, 4) is 17.1 Å². The van der Waals surface area contributed by atoms with E-state index in [0.29, 0.717) is 22.8 Å². The molecule has 5 aromatic rings. The Morgan fingerprint density at radius 2 is 1.82 bits per heavy atom. The van der Waals surface area contributed by atoms with Crippen molar-refractivity contribution in [1.82, 2.24) is 19.5 Å². The lowest BCUT2D eigenvalue weighted by molar-refractivity contribution is -0.137. The van der Waals surface area contributed by atoms with Crippen LogP contribution < -0.4 is 10.1 Å². The number of alkyl halides is 3. The molecule has 0 fully saturated rings. The van der Waals surface area contributed by atoms with E-state index in [1.807, 2.05) is 12.1 Å². The molecule has 3 heterocycles. The molecule has 12 heteroatoms. The predicted octanol–water partition coefficient (Wildman–Crippen LogP) is 5.96. The average Bonchev–Trinajstić information content (AvgIpc) is 3.64. The van der Waals surface area contributed by atoms with Crippen LogP contribution in [0.5, 0.6) is 5.75 Å². The van der Waals surface area contributed by atoms with Gasteiger partial charge in [0.1, 0.15) is 17.1 Å². The van der Waals surface area contributed by atoms with E-state index in [0.717, 1.165) is 17.7 Å². The zero-order valence-corrected chi connectivity index (χ0v) is 21.7. The summed E-state index contributed by atoms with van der Waals surface area (Å²) in [6.45, 7) is 0.221. The molecule has 40 heavy (non-hydrogen) atoms. The Kier molecular flexibility index (Phi) is 7.43. The number of amides is 1. The zero-order valence-electron chi connectivity index (χ0n) is 20.8. The van der Waals surface area contributed by atoms with Crippen molar-refractivity contribution in [2.24, 2.45) is 0 Å². The number of pyridine rings is 1. The van der Waals surface area contributed by atoms with E-state index in [2.05, 4.69) is 20.3 Å². The number of aromatic nitrogens is 4. The first-order valence-electron chi connectivity index (χ1n) is 11.8. The number of imidazole rings is 1. The molecule has 0 aliphatic rings. The van der Waals surface area contributed by atoms with Gasteiger partial charge in [0.25, 0.3) is 5.91 Å². The van der Waals surface area contributed by atoms with E-state index in [4.69, 9.17) is 4.74 Å². The fraction of sp³-hybridized carbons (Fsp3) is 0.107. The Labute approximate surface area is 230 Å². The number of rotatable bonds is 8. The predicted molar refractivity (Wildman–Crippen MR) is 142 cm³/mol. The van der Waals surface area contributed by atoms with Gasteiger partial charge in [0, 0.05) is 23.7 Å². The first kappa shape index (κ1) is 26.8. The Balaban J connectivity index is 1.47.